The number of likely N-dealkylation sites (N-methyl/N-ethyl adjacent to an activating group) is 2. The summed E-state index contributed by atoms with van der Waals surface area (Å²) in [6.45, 7) is 4.88. The van der Waals surface area contributed by atoms with E-state index in [9.17, 15) is 4.79 Å². The minimum Gasteiger partial charge on any atom is -0.383 e. The van der Waals surface area contributed by atoms with Crippen molar-refractivity contribution < 1.29 is 9.53 Å². The molecule has 21 heavy (non-hydrogen) atoms. The molecule has 0 fully saturated rings. The number of ether oxygens (including phenoxy) is 1. The van der Waals surface area contributed by atoms with Crippen LogP contribution >= 0.6 is 11.6 Å². The van der Waals surface area contributed by atoms with E-state index in [0.717, 1.165) is 17.8 Å². The lowest BCUT2D eigenvalue weighted by atomic mass is 10.1. The molecular formula is C15H24ClN3O2. The average molecular weight is 314 g/mol. The van der Waals surface area contributed by atoms with Gasteiger partial charge in [0.2, 0.25) is 5.91 Å². The molecule has 1 aromatic carbocycles. The van der Waals surface area contributed by atoms with Gasteiger partial charge in [-0.3, -0.25) is 4.79 Å². The molecule has 0 spiro atoms. The van der Waals surface area contributed by atoms with Crippen molar-refractivity contribution in [2.45, 2.75) is 13.5 Å². The Morgan fingerprint density at radius 3 is 2.86 bits per heavy atom. The molecule has 118 valence electrons. The van der Waals surface area contributed by atoms with E-state index in [1.807, 2.05) is 37.1 Å². The van der Waals surface area contributed by atoms with Crippen molar-refractivity contribution >= 4 is 23.2 Å². The van der Waals surface area contributed by atoms with Crippen LogP contribution in [0, 0.1) is 0 Å². The number of carbonyl (C=O) groups excluding carboxylic acids is 1. The first-order chi connectivity index (χ1) is 10.1. The van der Waals surface area contributed by atoms with Crippen LogP contribution in [0.2, 0.25) is 5.02 Å². The highest BCUT2D eigenvalue weighted by Gasteiger charge is 2.13. The molecular weight excluding hydrogens is 290 g/mol. The first-order valence-corrected chi connectivity index (χ1v) is 7.42. The summed E-state index contributed by atoms with van der Waals surface area (Å²) in [7, 11) is 3.56. The van der Waals surface area contributed by atoms with Gasteiger partial charge in [0.25, 0.3) is 0 Å². The average Bonchev–Trinajstić information content (AvgIpc) is 2.45. The van der Waals surface area contributed by atoms with Crippen LogP contribution in [0.5, 0.6) is 0 Å². The number of methoxy groups -OCH3 is 1. The smallest absolute Gasteiger partial charge is 0.239 e. The summed E-state index contributed by atoms with van der Waals surface area (Å²) >= 11 is 6.29. The third-order valence-corrected chi connectivity index (χ3v) is 3.40. The van der Waals surface area contributed by atoms with Crippen LogP contribution in [0.15, 0.2) is 18.2 Å². The number of amides is 1. The molecule has 0 aliphatic carbocycles. The number of nitrogens with zero attached hydrogens (tertiary/aromatic N) is 1. The van der Waals surface area contributed by atoms with E-state index in [0.29, 0.717) is 31.3 Å². The highest BCUT2D eigenvalue weighted by Crippen LogP contribution is 2.26. The van der Waals surface area contributed by atoms with Crippen LogP contribution in [0.3, 0.4) is 0 Å². The highest BCUT2D eigenvalue weighted by atomic mass is 35.5. The third kappa shape index (κ3) is 5.91. The fourth-order valence-electron chi connectivity index (χ4n) is 2.02. The molecule has 0 radical (unpaired) electrons. The summed E-state index contributed by atoms with van der Waals surface area (Å²) in [6.07, 6.45) is 0. The van der Waals surface area contributed by atoms with Crippen LogP contribution in [-0.4, -0.2) is 46.3 Å². The molecule has 1 amide bonds. The SMILES string of the molecule is CCNC(=O)CN(C)c1cccc(Cl)c1CNCCOC. The summed E-state index contributed by atoms with van der Waals surface area (Å²) in [6, 6.07) is 5.72. The Morgan fingerprint density at radius 1 is 1.43 bits per heavy atom. The summed E-state index contributed by atoms with van der Waals surface area (Å²) < 4.78 is 5.01. The maximum atomic E-state index is 11.7. The Balaban J connectivity index is 2.75. The number of benzene rings is 1. The zero-order chi connectivity index (χ0) is 15.7. The van der Waals surface area contributed by atoms with Crippen molar-refractivity contribution in [2.75, 3.05) is 45.3 Å². The molecule has 1 aromatic rings. The molecule has 2 N–H and O–H groups in total. The molecule has 1 rings (SSSR count). The van der Waals surface area contributed by atoms with Crippen LogP contribution in [0.1, 0.15) is 12.5 Å². The van der Waals surface area contributed by atoms with E-state index in [1.165, 1.54) is 0 Å². The zero-order valence-electron chi connectivity index (χ0n) is 12.9. The van der Waals surface area contributed by atoms with E-state index in [-0.39, 0.29) is 5.91 Å². The second kappa shape index (κ2) is 9.60. The molecule has 0 atom stereocenters. The fraction of sp³-hybridized carbons (Fsp3) is 0.533. The Bertz CT molecular complexity index is 455. The molecule has 6 heteroatoms. The van der Waals surface area contributed by atoms with Crippen LogP contribution < -0.4 is 15.5 Å². The summed E-state index contributed by atoms with van der Waals surface area (Å²) in [5, 5.41) is 6.77. The van der Waals surface area contributed by atoms with Crippen molar-refractivity contribution in [3.05, 3.63) is 28.8 Å². The maximum Gasteiger partial charge on any atom is 0.239 e. The van der Waals surface area contributed by atoms with Crippen molar-refractivity contribution in [3.63, 3.8) is 0 Å². The molecule has 0 saturated carbocycles. The molecule has 0 aliphatic rings. The van der Waals surface area contributed by atoms with Crippen LogP contribution in [0.4, 0.5) is 5.69 Å². The van der Waals surface area contributed by atoms with Gasteiger partial charge >= 0.3 is 0 Å². The van der Waals surface area contributed by atoms with E-state index in [2.05, 4.69) is 10.6 Å². The lowest BCUT2D eigenvalue weighted by Gasteiger charge is -2.23. The van der Waals surface area contributed by atoms with E-state index >= 15 is 0 Å². The molecule has 0 aromatic heterocycles. The Hall–Kier alpha value is -1.30. The van der Waals surface area contributed by atoms with Gasteiger partial charge in [-0.25, -0.2) is 0 Å². The van der Waals surface area contributed by atoms with E-state index in [1.54, 1.807) is 7.11 Å². The number of hydrogen-bond donors (Lipinski definition) is 2. The van der Waals surface area contributed by atoms with Gasteiger partial charge in [0, 0.05) is 50.1 Å². The van der Waals surface area contributed by atoms with E-state index < -0.39 is 0 Å². The largest absolute Gasteiger partial charge is 0.383 e. The van der Waals surface area contributed by atoms with Gasteiger partial charge in [0.1, 0.15) is 0 Å². The second-order valence-corrected chi connectivity index (χ2v) is 5.12. The van der Waals surface area contributed by atoms with Crippen molar-refractivity contribution in [3.8, 4) is 0 Å². The topological polar surface area (TPSA) is 53.6 Å². The minimum absolute atomic E-state index is 0.00160. The normalized spacial score (nSPS) is 10.5. The highest BCUT2D eigenvalue weighted by molar-refractivity contribution is 6.31. The molecule has 5 nitrogen and oxygen atoms in total. The number of nitrogens with one attached hydrogen (secondary N) is 2. The summed E-state index contributed by atoms with van der Waals surface area (Å²) in [5.74, 6) is -0.00160. The monoisotopic (exact) mass is 313 g/mol. The third-order valence-electron chi connectivity index (χ3n) is 3.04. The molecule has 0 bridgehead atoms. The van der Waals surface area contributed by atoms with Crippen molar-refractivity contribution in [1.29, 1.82) is 0 Å². The Labute approximate surface area is 131 Å². The number of hydrogen-bond acceptors (Lipinski definition) is 4. The van der Waals surface area contributed by atoms with Gasteiger partial charge in [-0.2, -0.15) is 0 Å². The predicted octanol–water partition coefficient (Wildman–Crippen LogP) is 1.65. The van der Waals surface area contributed by atoms with Gasteiger partial charge in [-0.1, -0.05) is 17.7 Å². The van der Waals surface area contributed by atoms with Crippen LogP contribution in [-0.2, 0) is 16.1 Å². The van der Waals surface area contributed by atoms with Gasteiger partial charge in [-0.15, -0.1) is 0 Å². The second-order valence-electron chi connectivity index (χ2n) is 4.72. The minimum atomic E-state index is -0.00160. The van der Waals surface area contributed by atoms with Gasteiger partial charge < -0.3 is 20.3 Å². The van der Waals surface area contributed by atoms with Crippen LogP contribution in [0.25, 0.3) is 0 Å². The van der Waals surface area contributed by atoms with Crippen molar-refractivity contribution in [1.82, 2.24) is 10.6 Å². The zero-order valence-corrected chi connectivity index (χ0v) is 13.7. The first-order valence-electron chi connectivity index (χ1n) is 7.05. The first kappa shape index (κ1) is 17.8. The van der Waals surface area contributed by atoms with Gasteiger partial charge in [0.05, 0.1) is 13.2 Å². The summed E-state index contributed by atoms with van der Waals surface area (Å²) in [5.41, 5.74) is 1.95. The number of anilines is 1. The molecule has 0 unspecified atom stereocenters. The standard InChI is InChI=1S/C15H24ClN3O2/c1-4-18-15(20)11-19(2)14-7-5-6-13(16)12(14)10-17-8-9-21-3/h5-7,17H,4,8-11H2,1-3H3,(H,18,20). The number of carbonyl (C=O) groups is 1. The summed E-state index contributed by atoms with van der Waals surface area (Å²) in [4.78, 5) is 13.6. The van der Waals surface area contributed by atoms with Crippen molar-refractivity contribution in [2.24, 2.45) is 0 Å². The van der Waals surface area contributed by atoms with E-state index in [4.69, 9.17) is 16.3 Å². The Kier molecular flexibility index (Phi) is 8.12. The number of halogens is 1. The predicted molar refractivity (Wildman–Crippen MR) is 87.0 cm³/mol. The Morgan fingerprint density at radius 2 is 2.19 bits per heavy atom. The number of rotatable bonds is 9. The quantitative estimate of drug-likeness (QED) is 0.681. The molecule has 0 aliphatic heterocycles. The molecule has 0 heterocycles. The maximum absolute atomic E-state index is 11.7. The van der Waals surface area contributed by atoms with Gasteiger partial charge in [-0.05, 0) is 19.1 Å². The lowest BCUT2D eigenvalue weighted by molar-refractivity contribution is -0.119. The molecule has 0 saturated heterocycles. The fourth-order valence-corrected chi connectivity index (χ4v) is 2.26. The lowest BCUT2D eigenvalue weighted by Crippen LogP contribution is -2.35. The van der Waals surface area contributed by atoms with Gasteiger partial charge in [0.15, 0.2) is 0 Å².